The van der Waals surface area contributed by atoms with E-state index in [0.717, 1.165) is 22.6 Å². The maximum atomic E-state index is 13.4. The van der Waals surface area contributed by atoms with Gasteiger partial charge in [-0.15, -0.1) is 11.3 Å². The van der Waals surface area contributed by atoms with Crippen molar-refractivity contribution in [2.24, 2.45) is 0 Å². The number of aryl methyl sites for hydroxylation is 3. The molecule has 2 aliphatic carbocycles. The molecule has 4 rings (SSSR count). The summed E-state index contributed by atoms with van der Waals surface area (Å²) in [5.74, 6) is -0.164. The van der Waals surface area contributed by atoms with Gasteiger partial charge in [0.1, 0.15) is 10.8 Å². The molecule has 0 aliphatic heterocycles. The second-order valence-electron chi connectivity index (χ2n) is 6.15. The maximum absolute atomic E-state index is 13.4. The molecule has 21 heavy (non-hydrogen) atoms. The first-order valence-electron chi connectivity index (χ1n) is 7.71. The van der Waals surface area contributed by atoms with E-state index in [-0.39, 0.29) is 11.9 Å². The normalized spacial score (nSPS) is 18.8. The summed E-state index contributed by atoms with van der Waals surface area (Å²) in [6, 6.07) is 5.81. The van der Waals surface area contributed by atoms with Crippen molar-refractivity contribution in [2.75, 3.05) is 0 Å². The summed E-state index contributed by atoms with van der Waals surface area (Å²) < 4.78 is 13.4. The molecule has 1 fully saturated rings. The van der Waals surface area contributed by atoms with Gasteiger partial charge in [-0.25, -0.2) is 9.37 Å². The number of halogens is 1. The van der Waals surface area contributed by atoms with Crippen LogP contribution in [0.3, 0.4) is 0 Å². The Bertz CT molecular complexity index is 654. The van der Waals surface area contributed by atoms with Gasteiger partial charge in [0.25, 0.3) is 0 Å². The van der Waals surface area contributed by atoms with Gasteiger partial charge < -0.3 is 5.32 Å². The Morgan fingerprint density at radius 2 is 2.19 bits per heavy atom. The summed E-state index contributed by atoms with van der Waals surface area (Å²) in [6.07, 6.45) is 6.00. The Morgan fingerprint density at radius 3 is 2.90 bits per heavy atom. The highest BCUT2D eigenvalue weighted by Gasteiger charge is 2.30. The minimum absolute atomic E-state index is 0.119. The van der Waals surface area contributed by atoms with Crippen LogP contribution in [0.5, 0.6) is 0 Å². The summed E-state index contributed by atoms with van der Waals surface area (Å²) >= 11 is 1.84. The highest BCUT2D eigenvalue weighted by molar-refractivity contribution is 7.11. The second kappa shape index (κ2) is 5.18. The van der Waals surface area contributed by atoms with Crippen LogP contribution in [-0.2, 0) is 12.8 Å². The Hall–Kier alpha value is -1.26. The van der Waals surface area contributed by atoms with Crippen molar-refractivity contribution in [1.29, 1.82) is 0 Å². The molecule has 0 amide bonds. The summed E-state index contributed by atoms with van der Waals surface area (Å²) in [5.41, 5.74) is 3.46. The van der Waals surface area contributed by atoms with Crippen LogP contribution in [-0.4, -0.2) is 11.0 Å². The molecule has 1 saturated carbocycles. The predicted molar refractivity (Wildman–Crippen MR) is 83.3 cm³/mol. The number of thiazole rings is 1. The lowest BCUT2D eigenvalue weighted by Crippen LogP contribution is -2.25. The molecule has 1 aromatic heterocycles. The van der Waals surface area contributed by atoms with Crippen molar-refractivity contribution in [3.05, 3.63) is 50.7 Å². The van der Waals surface area contributed by atoms with Crippen LogP contribution in [0, 0.1) is 12.7 Å². The third-order valence-electron chi connectivity index (χ3n) is 4.38. The average molecular weight is 302 g/mol. The number of benzene rings is 1. The molecule has 1 unspecified atom stereocenters. The topological polar surface area (TPSA) is 24.9 Å². The third kappa shape index (κ3) is 2.62. The highest BCUT2D eigenvalue weighted by Crippen LogP contribution is 2.36. The van der Waals surface area contributed by atoms with Crippen LogP contribution in [0.25, 0.3) is 0 Å². The van der Waals surface area contributed by atoms with Crippen LogP contribution >= 0.6 is 11.3 Å². The van der Waals surface area contributed by atoms with Crippen molar-refractivity contribution < 1.29 is 4.39 Å². The van der Waals surface area contributed by atoms with Crippen LogP contribution in [0.4, 0.5) is 4.39 Å². The number of rotatable bonds is 4. The van der Waals surface area contributed by atoms with Crippen molar-refractivity contribution in [3.63, 3.8) is 0 Å². The molecular formula is C17H19FN2S. The Kier molecular flexibility index (Phi) is 3.31. The molecule has 0 radical (unpaired) electrons. The predicted octanol–water partition coefficient (Wildman–Crippen LogP) is 3.92. The van der Waals surface area contributed by atoms with Gasteiger partial charge in [-0.05, 0) is 62.3 Å². The van der Waals surface area contributed by atoms with Gasteiger partial charge >= 0.3 is 0 Å². The second-order valence-corrected chi connectivity index (χ2v) is 7.27. The molecule has 1 atom stereocenters. The lowest BCUT2D eigenvalue weighted by Gasteiger charge is -2.19. The minimum Gasteiger partial charge on any atom is -0.301 e. The molecule has 4 heteroatoms. The average Bonchev–Trinajstić information content (AvgIpc) is 3.00. The van der Waals surface area contributed by atoms with E-state index in [1.807, 2.05) is 24.3 Å². The molecule has 2 nitrogen and oxygen atoms in total. The molecule has 1 heterocycles. The molecule has 0 bridgehead atoms. The third-order valence-corrected chi connectivity index (χ3v) is 5.60. The van der Waals surface area contributed by atoms with Crippen LogP contribution in [0.1, 0.15) is 52.0 Å². The van der Waals surface area contributed by atoms with E-state index in [9.17, 15) is 4.39 Å². The molecule has 1 N–H and O–H groups in total. The summed E-state index contributed by atoms with van der Waals surface area (Å²) in [4.78, 5) is 6.33. The number of fused-ring (bicyclic) bond motifs is 1. The zero-order chi connectivity index (χ0) is 14.4. The number of aromatic nitrogens is 1. The van der Waals surface area contributed by atoms with E-state index >= 15 is 0 Å². The van der Waals surface area contributed by atoms with Gasteiger partial charge in [0, 0.05) is 10.9 Å². The van der Waals surface area contributed by atoms with Gasteiger partial charge in [-0.2, -0.15) is 0 Å². The first-order valence-corrected chi connectivity index (χ1v) is 8.53. The number of hydrogen-bond acceptors (Lipinski definition) is 3. The van der Waals surface area contributed by atoms with Crippen molar-refractivity contribution >= 4 is 11.3 Å². The quantitative estimate of drug-likeness (QED) is 0.926. The van der Waals surface area contributed by atoms with Crippen molar-refractivity contribution in [1.82, 2.24) is 10.3 Å². The fraction of sp³-hybridized carbons (Fsp3) is 0.471. The summed E-state index contributed by atoms with van der Waals surface area (Å²) in [5, 5.41) is 4.85. The fourth-order valence-corrected chi connectivity index (χ4v) is 4.31. The largest absolute Gasteiger partial charge is 0.301 e. The zero-order valence-electron chi connectivity index (χ0n) is 12.2. The molecule has 2 aromatic rings. The van der Waals surface area contributed by atoms with E-state index in [1.54, 1.807) is 12.1 Å². The van der Waals surface area contributed by atoms with Crippen LogP contribution in [0.2, 0.25) is 0 Å². The summed E-state index contributed by atoms with van der Waals surface area (Å²) in [7, 11) is 0. The smallest absolute Gasteiger partial charge is 0.123 e. The minimum atomic E-state index is -0.164. The van der Waals surface area contributed by atoms with E-state index in [4.69, 9.17) is 4.98 Å². The monoisotopic (exact) mass is 302 g/mol. The SMILES string of the molecule is Cc1cc(F)ccc1C(NC1CC1)c1nc2c(s1)CCC2. The Labute approximate surface area is 128 Å². The molecular weight excluding hydrogens is 283 g/mol. The fourth-order valence-electron chi connectivity index (χ4n) is 3.08. The number of nitrogens with zero attached hydrogens (tertiary/aromatic N) is 1. The maximum Gasteiger partial charge on any atom is 0.123 e. The zero-order valence-corrected chi connectivity index (χ0v) is 13.0. The van der Waals surface area contributed by atoms with Gasteiger partial charge in [0.15, 0.2) is 0 Å². The van der Waals surface area contributed by atoms with E-state index in [0.29, 0.717) is 6.04 Å². The standard InChI is InChI=1S/C17H19FN2S/c1-10-9-11(18)5-8-13(10)16(19-12-6-7-12)17-20-14-3-2-4-15(14)21-17/h5,8-9,12,16,19H,2-4,6-7H2,1H3. The first kappa shape index (κ1) is 13.4. The molecule has 1 aromatic carbocycles. The highest BCUT2D eigenvalue weighted by atomic mass is 32.1. The van der Waals surface area contributed by atoms with Crippen LogP contribution < -0.4 is 5.32 Å². The van der Waals surface area contributed by atoms with E-state index in [2.05, 4.69) is 5.32 Å². The van der Waals surface area contributed by atoms with Crippen LogP contribution in [0.15, 0.2) is 18.2 Å². The molecule has 2 aliphatic rings. The molecule has 0 spiro atoms. The lowest BCUT2D eigenvalue weighted by atomic mass is 10.0. The van der Waals surface area contributed by atoms with Crippen molar-refractivity contribution in [2.45, 2.75) is 51.1 Å². The summed E-state index contributed by atoms with van der Waals surface area (Å²) in [6.45, 7) is 1.99. The van der Waals surface area contributed by atoms with E-state index in [1.165, 1.54) is 36.3 Å². The van der Waals surface area contributed by atoms with Gasteiger partial charge in [0.2, 0.25) is 0 Å². The number of nitrogens with one attached hydrogen (secondary N) is 1. The van der Waals surface area contributed by atoms with Gasteiger partial charge in [-0.1, -0.05) is 6.07 Å². The first-order chi connectivity index (χ1) is 10.2. The lowest BCUT2D eigenvalue weighted by molar-refractivity contribution is 0.587. The van der Waals surface area contributed by atoms with Gasteiger partial charge in [-0.3, -0.25) is 0 Å². The number of hydrogen-bond donors (Lipinski definition) is 1. The van der Waals surface area contributed by atoms with Crippen molar-refractivity contribution in [3.8, 4) is 0 Å². The molecule has 110 valence electrons. The molecule has 0 saturated heterocycles. The van der Waals surface area contributed by atoms with Gasteiger partial charge in [0.05, 0.1) is 11.7 Å². The van der Waals surface area contributed by atoms with E-state index < -0.39 is 0 Å². The Balaban J connectivity index is 1.72. The Morgan fingerprint density at radius 1 is 1.33 bits per heavy atom.